The normalized spacial score (nSPS) is 32.5. The van der Waals surface area contributed by atoms with Gasteiger partial charge in [-0.25, -0.2) is 0 Å². The van der Waals surface area contributed by atoms with Crippen LogP contribution < -0.4 is 0 Å². The van der Waals surface area contributed by atoms with Crippen molar-refractivity contribution in [1.29, 1.82) is 0 Å². The average molecular weight is 200 g/mol. The summed E-state index contributed by atoms with van der Waals surface area (Å²) in [5.74, 6) is 0. The van der Waals surface area contributed by atoms with Crippen LogP contribution in [0, 0.1) is 0 Å². The van der Waals surface area contributed by atoms with Crippen LogP contribution in [0.3, 0.4) is 0 Å². The van der Waals surface area contributed by atoms with Gasteiger partial charge in [0.2, 0.25) is 0 Å². The fourth-order valence-electron chi connectivity index (χ4n) is 1.72. The van der Waals surface area contributed by atoms with E-state index in [9.17, 15) is 0 Å². The van der Waals surface area contributed by atoms with Gasteiger partial charge in [-0.2, -0.15) is 0 Å². The van der Waals surface area contributed by atoms with Crippen LogP contribution in [0.1, 0.15) is 45.4 Å². The minimum Gasteiger partial charge on any atom is -0.361 e. The van der Waals surface area contributed by atoms with E-state index in [1.54, 1.807) is 0 Å². The van der Waals surface area contributed by atoms with Crippen LogP contribution in [0.5, 0.6) is 0 Å². The third-order valence-corrected chi connectivity index (χ3v) is 2.96. The molecule has 0 amide bonds. The van der Waals surface area contributed by atoms with Crippen LogP contribution in [0.25, 0.3) is 0 Å². The molecule has 1 unspecified atom stereocenters. The molecule has 1 saturated heterocycles. The lowest BCUT2D eigenvalue weighted by atomic mass is 10.1. The van der Waals surface area contributed by atoms with Crippen molar-refractivity contribution in [2.45, 2.75) is 50.4 Å². The fourth-order valence-corrected chi connectivity index (χ4v) is 2.12. The highest BCUT2D eigenvalue weighted by molar-refractivity contribution is 7.81. The fraction of sp³-hybridized carbons (Fsp3) is 0.818. The molecule has 76 valence electrons. The van der Waals surface area contributed by atoms with Crippen LogP contribution in [-0.4, -0.2) is 11.5 Å². The number of rotatable bonds is 1. The second kappa shape index (κ2) is 5.71. The predicted octanol–water partition coefficient (Wildman–Crippen LogP) is 3.56. The SMILES string of the molecule is C/C=C\C1(S)CCCCCCCO1. The number of allylic oxidation sites excluding steroid dienone is 1. The second-order valence-corrected chi connectivity index (χ2v) is 4.47. The Morgan fingerprint density at radius 1 is 1.15 bits per heavy atom. The molecule has 0 bridgehead atoms. The van der Waals surface area contributed by atoms with Crippen molar-refractivity contribution in [3.8, 4) is 0 Å². The van der Waals surface area contributed by atoms with Crippen LogP contribution >= 0.6 is 12.6 Å². The predicted molar refractivity (Wildman–Crippen MR) is 60.2 cm³/mol. The van der Waals surface area contributed by atoms with Crippen molar-refractivity contribution in [2.24, 2.45) is 0 Å². The maximum atomic E-state index is 5.77. The third kappa shape index (κ3) is 4.19. The monoisotopic (exact) mass is 200 g/mol. The summed E-state index contributed by atoms with van der Waals surface area (Å²) >= 11 is 4.59. The first-order valence-electron chi connectivity index (χ1n) is 5.27. The molecule has 0 aromatic carbocycles. The van der Waals surface area contributed by atoms with Crippen molar-refractivity contribution < 1.29 is 4.74 Å². The molecular formula is C11H20OS. The number of ether oxygens (including phenoxy) is 1. The lowest BCUT2D eigenvalue weighted by Gasteiger charge is -2.24. The molecule has 0 saturated carbocycles. The van der Waals surface area contributed by atoms with Crippen molar-refractivity contribution in [2.75, 3.05) is 6.61 Å². The molecule has 1 fully saturated rings. The van der Waals surface area contributed by atoms with Gasteiger partial charge in [-0.05, 0) is 32.3 Å². The van der Waals surface area contributed by atoms with Gasteiger partial charge in [0.15, 0.2) is 0 Å². The Labute approximate surface area is 87.0 Å². The molecule has 1 aliphatic rings. The summed E-state index contributed by atoms with van der Waals surface area (Å²) in [6.45, 7) is 2.88. The summed E-state index contributed by atoms with van der Waals surface area (Å²) in [7, 11) is 0. The number of thiol groups is 1. The second-order valence-electron chi connectivity index (χ2n) is 3.71. The van der Waals surface area contributed by atoms with E-state index in [-0.39, 0.29) is 4.93 Å². The Kier molecular flexibility index (Phi) is 4.89. The Morgan fingerprint density at radius 3 is 2.62 bits per heavy atom. The van der Waals surface area contributed by atoms with Crippen molar-refractivity contribution in [3.63, 3.8) is 0 Å². The maximum Gasteiger partial charge on any atom is 0.129 e. The molecule has 0 aliphatic carbocycles. The molecule has 1 atom stereocenters. The summed E-state index contributed by atoms with van der Waals surface area (Å²) in [5.41, 5.74) is 0. The molecule has 13 heavy (non-hydrogen) atoms. The molecule has 1 rings (SSSR count). The van der Waals surface area contributed by atoms with Crippen molar-refractivity contribution in [3.05, 3.63) is 12.2 Å². The lowest BCUT2D eigenvalue weighted by Crippen LogP contribution is -2.23. The van der Waals surface area contributed by atoms with Gasteiger partial charge >= 0.3 is 0 Å². The van der Waals surface area contributed by atoms with Gasteiger partial charge in [-0.1, -0.05) is 25.3 Å². The van der Waals surface area contributed by atoms with E-state index in [0.717, 1.165) is 13.0 Å². The first-order valence-corrected chi connectivity index (χ1v) is 5.72. The zero-order valence-corrected chi connectivity index (χ0v) is 9.35. The molecule has 0 aromatic heterocycles. The van der Waals surface area contributed by atoms with Crippen LogP contribution in [-0.2, 0) is 4.74 Å². The summed E-state index contributed by atoms with van der Waals surface area (Å²) in [6, 6.07) is 0. The standard InChI is InChI=1S/C11H20OS/c1-2-8-11(13)9-6-4-3-5-7-10-12-11/h2,8,13H,3-7,9-10H2,1H3/b8-2-. The number of hydrogen-bond donors (Lipinski definition) is 1. The zero-order chi connectivity index (χ0) is 9.57. The zero-order valence-electron chi connectivity index (χ0n) is 8.46. The average Bonchev–Trinajstić information content (AvgIpc) is 2.18. The Morgan fingerprint density at radius 2 is 1.85 bits per heavy atom. The molecule has 1 nitrogen and oxygen atoms in total. The first-order chi connectivity index (χ1) is 6.27. The van der Waals surface area contributed by atoms with E-state index in [1.807, 2.05) is 13.0 Å². The van der Waals surface area contributed by atoms with E-state index in [4.69, 9.17) is 4.74 Å². The van der Waals surface area contributed by atoms with Crippen molar-refractivity contribution >= 4 is 12.6 Å². The molecule has 1 aliphatic heterocycles. The van der Waals surface area contributed by atoms with E-state index >= 15 is 0 Å². The highest BCUT2D eigenvalue weighted by atomic mass is 32.1. The third-order valence-electron chi connectivity index (χ3n) is 2.46. The van der Waals surface area contributed by atoms with Gasteiger partial charge in [0.1, 0.15) is 4.93 Å². The quantitative estimate of drug-likeness (QED) is 0.503. The van der Waals surface area contributed by atoms with Gasteiger partial charge in [0.25, 0.3) is 0 Å². The summed E-state index contributed by atoms with van der Waals surface area (Å²) in [6.07, 6.45) is 11.5. The summed E-state index contributed by atoms with van der Waals surface area (Å²) in [5, 5.41) is 0. The van der Waals surface area contributed by atoms with Crippen LogP contribution in [0.15, 0.2) is 12.2 Å². The minimum absolute atomic E-state index is 0.293. The minimum atomic E-state index is -0.293. The largest absolute Gasteiger partial charge is 0.361 e. The van der Waals surface area contributed by atoms with Gasteiger partial charge in [-0.15, -0.1) is 12.6 Å². The van der Waals surface area contributed by atoms with E-state index in [1.165, 1.54) is 32.1 Å². The maximum absolute atomic E-state index is 5.77. The highest BCUT2D eigenvalue weighted by Gasteiger charge is 2.22. The molecular weight excluding hydrogens is 180 g/mol. The molecule has 0 radical (unpaired) electrons. The van der Waals surface area contributed by atoms with E-state index in [2.05, 4.69) is 18.7 Å². The first kappa shape index (κ1) is 11.1. The van der Waals surface area contributed by atoms with Gasteiger partial charge in [0, 0.05) is 6.61 Å². The Bertz CT molecular complexity index is 155. The number of hydrogen-bond acceptors (Lipinski definition) is 2. The molecule has 2 heteroatoms. The molecule has 0 aromatic rings. The molecule has 0 spiro atoms. The van der Waals surface area contributed by atoms with Crippen LogP contribution in [0.4, 0.5) is 0 Å². The highest BCUT2D eigenvalue weighted by Crippen LogP contribution is 2.28. The summed E-state index contributed by atoms with van der Waals surface area (Å²) < 4.78 is 5.77. The van der Waals surface area contributed by atoms with E-state index < -0.39 is 0 Å². The van der Waals surface area contributed by atoms with Gasteiger partial charge in [0.05, 0.1) is 0 Å². The topological polar surface area (TPSA) is 9.23 Å². The van der Waals surface area contributed by atoms with Crippen molar-refractivity contribution in [1.82, 2.24) is 0 Å². The van der Waals surface area contributed by atoms with E-state index in [0.29, 0.717) is 0 Å². The molecule has 1 heterocycles. The smallest absolute Gasteiger partial charge is 0.129 e. The van der Waals surface area contributed by atoms with Crippen LogP contribution in [0.2, 0.25) is 0 Å². The van der Waals surface area contributed by atoms with Gasteiger partial charge in [-0.3, -0.25) is 0 Å². The lowest BCUT2D eigenvalue weighted by molar-refractivity contribution is 0.0547. The Balaban J connectivity index is 2.48. The van der Waals surface area contributed by atoms with Gasteiger partial charge < -0.3 is 4.74 Å². The molecule has 0 N–H and O–H groups in total. The Hall–Kier alpha value is 0.0500. The summed E-state index contributed by atoms with van der Waals surface area (Å²) in [4.78, 5) is -0.293.